The van der Waals surface area contributed by atoms with Gasteiger partial charge in [-0.3, -0.25) is 4.31 Å². The molecular formula is C16H15NO4S. The molecule has 0 unspecified atom stereocenters. The Morgan fingerprint density at radius 1 is 1.05 bits per heavy atom. The molecular weight excluding hydrogens is 302 g/mol. The second-order valence-corrected chi connectivity index (χ2v) is 7.34. The van der Waals surface area contributed by atoms with Crippen LogP contribution in [0.15, 0.2) is 41.3 Å². The van der Waals surface area contributed by atoms with E-state index in [-0.39, 0.29) is 6.79 Å². The van der Waals surface area contributed by atoms with E-state index >= 15 is 0 Å². The van der Waals surface area contributed by atoms with Gasteiger partial charge in [0.25, 0.3) is 10.0 Å². The minimum absolute atomic E-state index is 0.183. The number of ether oxygens (including phenoxy) is 2. The molecule has 0 radical (unpaired) electrons. The Kier molecular flexibility index (Phi) is 2.84. The largest absolute Gasteiger partial charge is 0.454 e. The molecule has 4 rings (SSSR count). The fraction of sp³-hybridized carbons (Fsp3) is 0.250. The average molecular weight is 317 g/mol. The second-order valence-electron chi connectivity index (χ2n) is 5.47. The lowest BCUT2D eigenvalue weighted by atomic mass is 10.1. The van der Waals surface area contributed by atoms with E-state index in [2.05, 4.69) is 0 Å². The van der Waals surface area contributed by atoms with Crippen molar-refractivity contribution in [1.82, 2.24) is 0 Å². The van der Waals surface area contributed by atoms with Crippen molar-refractivity contribution >= 4 is 15.7 Å². The molecule has 2 aromatic carbocycles. The third-order valence-electron chi connectivity index (χ3n) is 4.04. The topological polar surface area (TPSA) is 55.8 Å². The SMILES string of the molecule is Cc1ccc(S(=O)(=O)N2CCc3cc4c(cc32)OCO4)cc1. The number of nitrogens with zero attached hydrogens (tertiary/aromatic N) is 1. The van der Waals surface area contributed by atoms with Crippen molar-refractivity contribution < 1.29 is 17.9 Å². The van der Waals surface area contributed by atoms with E-state index < -0.39 is 10.0 Å². The van der Waals surface area contributed by atoms with Crippen LogP contribution in [0.5, 0.6) is 11.5 Å². The van der Waals surface area contributed by atoms with Gasteiger partial charge < -0.3 is 9.47 Å². The molecule has 22 heavy (non-hydrogen) atoms. The Balaban J connectivity index is 1.78. The Hall–Kier alpha value is -2.21. The molecule has 114 valence electrons. The van der Waals surface area contributed by atoms with Gasteiger partial charge in [0, 0.05) is 12.6 Å². The number of benzene rings is 2. The molecule has 0 saturated heterocycles. The van der Waals surface area contributed by atoms with Gasteiger partial charge in [0.15, 0.2) is 11.5 Å². The summed E-state index contributed by atoms with van der Waals surface area (Å²) >= 11 is 0. The van der Waals surface area contributed by atoms with Gasteiger partial charge >= 0.3 is 0 Å². The molecule has 5 nitrogen and oxygen atoms in total. The number of aryl methyl sites for hydroxylation is 1. The van der Waals surface area contributed by atoms with Crippen molar-refractivity contribution in [2.45, 2.75) is 18.2 Å². The van der Waals surface area contributed by atoms with E-state index in [0.29, 0.717) is 35.0 Å². The van der Waals surface area contributed by atoms with Crippen LogP contribution in [0, 0.1) is 6.92 Å². The number of hydrogen-bond donors (Lipinski definition) is 0. The van der Waals surface area contributed by atoms with Crippen molar-refractivity contribution in [3.8, 4) is 11.5 Å². The van der Waals surface area contributed by atoms with E-state index in [1.807, 2.05) is 25.1 Å². The van der Waals surface area contributed by atoms with Gasteiger partial charge in [-0.25, -0.2) is 8.42 Å². The Labute approximate surface area is 129 Å². The minimum atomic E-state index is -3.55. The monoisotopic (exact) mass is 317 g/mol. The predicted molar refractivity (Wildman–Crippen MR) is 82.0 cm³/mol. The van der Waals surface area contributed by atoms with Gasteiger partial charge in [0.1, 0.15) is 0 Å². The van der Waals surface area contributed by atoms with Gasteiger partial charge in [0.2, 0.25) is 6.79 Å². The summed E-state index contributed by atoms with van der Waals surface area (Å²) in [6.07, 6.45) is 0.678. The summed E-state index contributed by atoms with van der Waals surface area (Å²) in [6, 6.07) is 10.6. The maximum absolute atomic E-state index is 12.9. The fourth-order valence-corrected chi connectivity index (χ4v) is 4.33. The van der Waals surface area contributed by atoms with E-state index in [9.17, 15) is 8.42 Å². The van der Waals surface area contributed by atoms with Crippen LogP contribution in [0.1, 0.15) is 11.1 Å². The summed E-state index contributed by atoms with van der Waals surface area (Å²) in [7, 11) is -3.55. The zero-order chi connectivity index (χ0) is 15.3. The molecule has 0 atom stereocenters. The van der Waals surface area contributed by atoms with E-state index in [1.165, 1.54) is 4.31 Å². The van der Waals surface area contributed by atoms with Crippen LogP contribution in [0.4, 0.5) is 5.69 Å². The third kappa shape index (κ3) is 1.94. The standard InChI is InChI=1S/C16H15NO4S/c1-11-2-4-13(5-3-11)22(18,19)17-7-6-12-8-15-16(9-14(12)17)21-10-20-15/h2-5,8-9H,6-7,10H2,1H3. The first kappa shape index (κ1) is 13.5. The van der Waals surface area contributed by atoms with Crippen LogP contribution in [-0.2, 0) is 16.4 Å². The maximum atomic E-state index is 12.9. The molecule has 0 aliphatic carbocycles. The Bertz CT molecular complexity index is 843. The lowest BCUT2D eigenvalue weighted by Crippen LogP contribution is -2.29. The van der Waals surface area contributed by atoms with Crippen LogP contribution < -0.4 is 13.8 Å². The van der Waals surface area contributed by atoms with Gasteiger partial charge in [-0.05, 0) is 37.1 Å². The predicted octanol–water partition coefficient (Wildman–Crippen LogP) is 2.48. The number of hydrogen-bond acceptors (Lipinski definition) is 4. The van der Waals surface area contributed by atoms with Crippen molar-refractivity contribution in [3.05, 3.63) is 47.5 Å². The Morgan fingerprint density at radius 2 is 1.73 bits per heavy atom. The second kappa shape index (κ2) is 4.64. The molecule has 0 spiro atoms. The third-order valence-corrected chi connectivity index (χ3v) is 5.86. The summed E-state index contributed by atoms with van der Waals surface area (Å²) in [4.78, 5) is 0.309. The Morgan fingerprint density at radius 3 is 2.45 bits per heavy atom. The molecule has 0 bridgehead atoms. The van der Waals surface area contributed by atoms with Crippen molar-refractivity contribution in [2.24, 2.45) is 0 Å². The van der Waals surface area contributed by atoms with Gasteiger partial charge in [0.05, 0.1) is 10.6 Å². The average Bonchev–Trinajstić information content (AvgIpc) is 3.10. The van der Waals surface area contributed by atoms with Crippen molar-refractivity contribution in [2.75, 3.05) is 17.6 Å². The molecule has 0 saturated carbocycles. The fourth-order valence-electron chi connectivity index (χ4n) is 2.84. The number of anilines is 1. The van der Waals surface area contributed by atoms with E-state index in [4.69, 9.17) is 9.47 Å². The van der Waals surface area contributed by atoms with Crippen LogP contribution in [0.2, 0.25) is 0 Å². The molecule has 2 aromatic rings. The first-order valence-electron chi connectivity index (χ1n) is 7.08. The summed E-state index contributed by atoms with van der Waals surface area (Å²) in [5.74, 6) is 1.29. The molecule has 2 heterocycles. The highest BCUT2D eigenvalue weighted by molar-refractivity contribution is 7.92. The van der Waals surface area contributed by atoms with Crippen LogP contribution in [0.25, 0.3) is 0 Å². The smallest absolute Gasteiger partial charge is 0.264 e. The molecule has 0 amide bonds. The van der Waals surface area contributed by atoms with E-state index in [1.54, 1.807) is 18.2 Å². The van der Waals surface area contributed by atoms with Crippen molar-refractivity contribution in [1.29, 1.82) is 0 Å². The number of fused-ring (bicyclic) bond motifs is 2. The normalized spacial score (nSPS) is 16.0. The quantitative estimate of drug-likeness (QED) is 0.854. The van der Waals surface area contributed by atoms with Crippen LogP contribution in [0.3, 0.4) is 0 Å². The molecule has 2 aliphatic heterocycles. The molecule has 2 aliphatic rings. The van der Waals surface area contributed by atoms with Crippen molar-refractivity contribution in [3.63, 3.8) is 0 Å². The van der Waals surface area contributed by atoms with Crippen LogP contribution >= 0.6 is 0 Å². The zero-order valence-corrected chi connectivity index (χ0v) is 12.9. The molecule has 6 heteroatoms. The summed E-state index contributed by atoms with van der Waals surface area (Å²) in [6.45, 7) is 2.56. The minimum Gasteiger partial charge on any atom is -0.454 e. The number of rotatable bonds is 2. The lowest BCUT2D eigenvalue weighted by molar-refractivity contribution is 0.174. The molecule has 0 fully saturated rings. The first-order valence-corrected chi connectivity index (χ1v) is 8.52. The summed E-state index contributed by atoms with van der Waals surface area (Å²) in [5, 5.41) is 0. The highest BCUT2D eigenvalue weighted by Gasteiger charge is 2.33. The first-order chi connectivity index (χ1) is 10.6. The highest BCUT2D eigenvalue weighted by atomic mass is 32.2. The highest BCUT2D eigenvalue weighted by Crippen LogP contribution is 2.42. The van der Waals surface area contributed by atoms with Gasteiger partial charge in [-0.15, -0.1) is 0 Å². The lowest BCUT2D eigenvalue weighted by Gasteiger charge is -2.20. The maximum Gasteiger partial charge on any atom is 0.264 e. The number of sulfonamides is 1. The molecule has 0 aromatic heterocycles. The summed E-state index contributed by atoms with van der Waals surface area (Å²) < 4.78 is 37.9. The van der Waals surface area contributed by atoms with Crippen LogP contribution in [-0.4, -0.2) is 21.8 Å². The van der Waals surface area contributed by atoms with Gasteiger partial charge in [-0.2, -0.15) is 0 Å². The summed E-state index contributed by atoms with van der Waals surface area (Å²) in [5.41, 5.74) is 2.69. The van der Waals surface area contributed by atoms with Gasteiger partial charge in [-0.1, -0.05) is 17.7 Å². The zero-order valence-electron chi connectivity index (χ0n) is 12.1. The molecule has 0 N–H and O–H groups in total. The van der Waals surface area contributed by atoms with E-state index in [0.717, 1.165) is 11.1 Å².